The van der Waals surface area contributed by atoms with E-state index in [-0.39, 0.29) is 29.3 Å². The molecule has 2 amide bonds. The molecule has 148 valence electrons. The van der Waals surface area contributed by atoms with Crippen molar-refractivity contribution in [3.8, 4) is 0 Å². The van der Waals surface area contributed by atoms with Crippen LogP contribution in [0.4, 0.5) is 13.2 Å². The summed E-state index contributed by atoms with van der Waals surface area (Å²) in [6, 6.07) is 4.56. The molecule has 0 spiro atoms. The molecule has 1 aliphatic carbocycles. The van der Waals surface area contributed by atoms with Crippen LogP contribution in [0.3, 0.4) is 0 Å². The number of hydrogen-bond donors (Lipinski definition) is 1. The van der Waals surface area contributed by atoms with E-state index in [4.69, 9.17) is 0 Å². The normalized spacial score (nSPS) is 19.7. The van der Waals surface area contributed by atoms with Crippen molar-refractivity contribution in [3.63, 3.8) is 0 Å². The third-order valence-corrected chi connectivity index (χ3v) is 5.56. The summed E-state index contributed by atoms with van der Waals surface area (Å²) in [6.45, 7) is 0.894. The highest BCUT2D eigenvalue weighted by atomic mass is 19.4. The van der Waals surface area contributed by atoms with Crippen LogP contribution in [-0.2, 0) is 11.0 Å². The van der Waals surface area contributed by atoms with E-state index in [1.807, 2.05) is 0 Å². The first kappa shape index (κ1) is 19.7. The molecule has 1 aliphatic heterocycles. The van der Waals surface area contributed by atoms with Gasteiger partial charge in [-0.2, -0.15) is 13.2 Å². The van der Waals surface area contributed by atoms with Gasteiger partial charge in [-0.05, 0) is 49.9 Å². The molecule has 2 fully saturated rings. The molecule has 4 nitrogen and oxygen atoms in total. The highest BCUT2D eigenvalue weighted by Crippen LogP contribution is 2.29. The van der Waals surface area contributed by atoms with E-state index in [1.165, 1.54) is 18.6 Å². The van der Waals surface area contributed by atoms with Gasteiger partial charge in [0, 0.05) is 30.6 Å². The Kier molecular flexibility index (Phi) is 6.07. The van der Waals surface area contributed by atoms with Crippen LogP contribution >= 0.6 is 0 Å². The lowest BCUT2D eigenvalue weighted by atomic mass is 9.92. The standard InChI is InChI=1S/C20H25F3N2O2/c21-20(22,23)16-8-6-15(7-9-16)19(27)25-12-10-14(11-13-25)18(26)24-17-4-2-1-3-5-17/h6-9,14,17H,1-5,10-13H2,(H,24,26). The third kappa shape index (κ3) is 5.02. The van der Waals surface area contributed by atoms with Crippen molar-refractivity contribution >= 4 is 11.8 Å². The Labute approximate surface area is 157 Å². The molecule has 0 bridgehead atoms. The summed E-state index contributed by atoms with van der Waals surface area (Å²) in [5, 5.41) is 3.14. The monoisotopic (exact) mass is 382 g/mol. The third-order valence-electron chi connectivity index (χ3n) is 5.56. The second kappa shape index (κ2) is 8.31. The number of likely N-dealkylation sites (tertiary alicyclic amines) is 1. The number of hydrogen-bond acceptors (Lipinski definition) is 2. The first-order chi connectivity index (χ1) is 12.8. The molecular weight excluding hydrogens is 357 g/mol. The number of carbonyl (C=O) groups excluding carboxylic acids is 2. The lowest BCUT2D eigenvalue weighted by Gasteiger charge is -2.33. The number of piperidine rings is 1. The smallest absolute Gasteiger partial charge is 0.353 e. The molecule has 7 heteroatoms. The van der Waals surface area contributed by atoms with E-state index in [1.54, 1.807) is 4.90 Å². The van der Waals surface area contributed by atoms with E-state index in [9.17, 15) is 22.8 Å². The average molecular weight is 382 g/mol. The number of benzene rings is 1. The molecule has 2 aliphatic rings. The molecule has 3 rings (SSSR count). The molecule has 27 heavy (non-hydrogen) atoms. The van der Waals surface area contributed by atoms with E-state index >= 15 is 0 Å². The SMILES string of the molecule is O=C(NC1CCCCC1)C1CCN(C(=O)c2ccc(C(F)(F)F)cc2)CC1. The summed E-state index contributed by atoms with van der Waals surface area (Å²) in [5.41, 5.74) is -0.523. The van der Waals surface area contributed by atoms with Gasteiger partial charge in [-0.15, -0.1) is 0 Å². The van der Waals surface area contributed by atoms with Gasteiger partial charge in [0.25, 0.3) is 5.91 Å². The molecule has 1 aromatic carbocycles. The molecular formula is C20H25F3N2O2. The maximum atomic E-state index is 12.6. The van der Waals surface area contributed by atoms with Gasteiger partial charge in [0.05, 0.1) is 5.56 Å². The number of nitrogens with one attached hydrogen (secondary N) is 1. The number of rotatable bonds is 3. The molecule has 1 saturated carbocycles. The van der Waals surface area contributed by atoms with Crippen molar-refractivity contribution < 1.29 is 22.8 Å². The molecule has 1 heterocycles. The van der Waals surface area contributed by atoms with Gasteiger partial charge in [0.15, 0.2) is 0 Å². The van der Waals surface area contributed by atoms with Crippen LogP contribution in [0.25, 0.3) is 0 Å². The molecule has 1 saturated heterocycles. The Balaban J connectivity index is 1.50. The van der Waals surface area contributed by atoms with E-state index in [0.717, 1.165) is 37.8 Å². The van der Waals surface area contributed by atoms with E-state index in [2.05, 4.69) is 5.32 Å². The van der Waals surface area contributed by atoms with Crippen LogP contribution < -0.4 is 5.32 Å². The highest BCUT2D eigenvalue weighted by molar-refractivity contribution is 5.94. The Morgan fingerprint density at radius 2 is 1.52 bits per heavy atom. The van der Waals surface area contributed by atoms with Gasteiger partial charge in [-0.1, -0.05) is 19.3 Å². The molecule has 1 N–H and O–H groups in total. The zero-order valence-electron chi connectivity index (χ0n) is 15.2. The second-order valence-corrected chi connectivity index (χ2v) is 7.49. The Morgan fingerprint density at radius 1 is 0.926 bits per heavy atom. The Hall–Kier alpha value is -2.05. The maximum absolute atomic E-state index is 12.6. The highest BCUT2D eigenvalue weighted by Gasteiger charge is 2.32. The maximum Gasteiger partial charge on any atom is 0.416 e. The van der Waals surface area contributed by atoms with Gasteiger partial charge in [0.2, 0.25) is 5.91 Å². The summed E-state index contributed by atoms with van der Waals surface area (Å²) < 4.78 is 37.9. The fourth-order valence-electron chi connectivity index (χ4n) is 3.90. The molecule has 0 unspecified atom stereocenters. The van der Waals surface area contributed by atoms with E-state index < -0.39 is 11.7 Å². The molecule has 0 atom stereocenters. The van der Waals surface area contributed by atoms with Crippen LogP contribution in [0.1, 0.15) is 60.9 Å². The summed E-state index contributed by atoms with van der Waals surface area (Å²) in [7, 11) is 0. The number of amides is 2. The molecule has 0 aromatic heterocycles. The van der Waals surface area contributed by atoms with Crippen molar-refractivity contribution in [1.29, 1.82) is 0 Å². The molecule has 0 radical (unpaired) electrons. The zero-order chi connectivity index (χ0) is 19.4. The second-order valence-electron chi connectivity index (χ2n) is 7.49. The van der Waals surface area contributed by atoms with Crippen molar-refractivity contribution in [2.75, 3.05) is 13.1 Å². The van der Waals surface area contributed by atoms with Crippen LogP contribution in [-0.4, -0.2) is 35.8 Å². The predicted octanol–water partition coefficient (Wildman–Crippen LogP) is 4.01. The Bertz CT molecular complexity index is 659. The Morgan fingerprint density at radius 3 is 2.07 bits per heavy atom. The van der Waals surface area contributed by atoms with Crippen molar-refractivity contribution in [2.45, 2.75) is 57.2 Å². The number of halogens is 3. The first-order valence-corrected chi connectivity index (χ1v) is 9.61. The van der Waals surface area contributed by atoms with Gasteiger partial charge in [0.1, 0.15) is 0 Å². The fraction of sp³-hybridized carbons (Fsp3) is 0.600. The van der Waals surface area contributed by atoms with E-state index in [0.29, 0.717) is 25.9 Å². The largest absolute Gasteiger partial charge is 0.416 e. The topological polar surface area (TPSA) is 49.4 Å². The van der Waals surface area contributed by atoms with Crippen molar-refractivity contribution in [2.24, 2.45) is 5.92 Å². The lowest BCUT2D eigenvalue weighted by molar-refractivity contribution is -0.137. The first-order valence-electron chi connectivity index (χ1n) is 9.61. The fourth-order valence-corrected chi connectivity index (χ4v) is 3.90. The predicted molar refractivity (Wildman–Crippen MR) is 95.1 cm³/mol. The minimum Gasteiger partial charge on any atom is -0.353 e. The quantitative estimate of drug-likeness (QED) is 0.859. The van der Waals surface area contributed by atoms with Crippen LogP contribution in [0.2, 0.25) is 0 Å². The number of nitrogens with zero attached hydrogens (tertiary/aromatic N) is 1. The van der Waals surface area contributed by atoms with Crippen LogP contribution in [0, 0.1) is 5.92 Å². The van der Waals surface area contributed by atoms with Crippen molar-refractivity contribution in [3.05, 3.63) is 35.4 Å². The van der Waals surface area contributed by atoms with Gasteiger partial charge >= 0.3 is 6.18 Å². The van der Waals surface area contributed by atoms with Crippen LogP contribution in [0.5, 0.6) is 0 Å². The minimum atomic E-state index is -4.41. The summed E-state index contributed by atoms with van der Waals surface area (Å²) in [6.07, 6.45) is 2.39. The summed E-state index contributed by atoms with van der Waals surface area (Å²) >= 11 is 0. The summed E-state index contributed by atoms with van der Waals surface area (Å²) in [4.78, 5) is 26.5. The number of carbonyl (C=O) groups is 2. The van der Waals surface area contributed by atoms with Gasteiger partial charge in [-0.3, -0.25) is 9.59 Å². The molecule has 1 aromatic rings. The van der Waals surface area contributed by atoms with Crippen LogP contribution in [0.15, 0.2) is 24.3 Å². The van der Waals surface area contributed by atoms with Crippen molar-refractivity contribution in [1.82, 2.24) is 10.2 Å². The van der Waals surface area contributed by atoms with Gasteiger partial charge < -0.3 is 10.2 Å². The lowest BCUT2D eigenvalue weighted by Crippen LogP contribution is -2.45. The number of alkyl halides is 3. The zero-order valence-corrected chi connectivity index (χ0v) is 15.2. The summed E-state index contributed by atoms with van der Waals surface area (Å²) in [5.74, 6) is -0.304. The van der Waals surface area contributed by atoms with Gasteiger partial charge in [-0.25, -0.2) is 0 Å². The minimum absolute atomic E-state index is 0.0727. The average Bonchev–Trinajstić information content (AvgIpc) is 2.68.